The van der Waals surface area contributed by atoms with Gasteiger partial charge in [0.25, 0.3) is 0 Å². The molecule has 0 amide bonds. The van der Waals surface area contributed by atoms with E-state index in [-0.39, 0.29) is 23.0 Å². The lowest BCUT2D eigenvalue weighted by molar-refractivity contribution is 0.578. The van der Waals surface area contributed by atoms with E-state index in [0.29, 0.717) is 6.54 Å². The third-order valence-corrected chi connectivity index (χ3v) is 5.23. The first-order chi connectivity index (χ1) is 9.32. The van der Waals surface area contributed by atoms with Gasteiger partial charge in [0, 0.05) is 19.3 Å². The lowest BCUT2D eigenvalue weighted by atomic mass is 10.4. The van der Waals surface area contributed by atoms with Crippen LogP contribution in [0.5, 0.6) is 0 Å². The Morgan fingerprint density at radius 1 is 1.25 bits per heavy atom. The van der Waals surface area contributed by atoms with Crippen LogP contribution in [0, 0.1) is 0 Å². The molecule has 1 heterocycles. The molecular weight excluding hydrogens is 304 g/mol. The van der Waals surface area contributed by atoms with Crippen molar-refractivity contribution in [2.45, 2.75) is 11.8 Å². The molecule has 0 radical (unpaired) electrons. The maximum absolute atomic E-state index is 12.1. The second-order valence-corrected chi connectivity index (χ2v) is 7.58. The summed E-state index contributed by atoms with van der Waals surface area (Å²) in [6.45, 7) is 2.12. The van der Waals surface area contributed by atoms with Crippen molar-refractivity contribution in [3.63, 3.8) is 0 Å². The van der Waals surface area contributed by atoms with E-state index in [1.54, 1.807) is 0 Å². The van der Waals surface area contributed by atoms with E-state index in [1.807, 2.05) is 6.92 Å². The summed E-state index contributed by atoms with van der Waals surface area (Å²) in [5.74, 6) is -0.0986. The lowest BCUT2D eigenvalue weighted by Gasteiger charge is -2.11. The average Bonchev–Trinajstić information content (AvgIpc) is 2.39. The van der Waals surface area contributed by atoms with E-state index in [9.17, 15) is 16.8 Å². The van der Waals surface area contributed by atoms with Crippen molar-refractivity contribution in [3.8, 4) is 0 Å². The van der Waals surface area contributed by atoms with Crippen LogP contribution in [0.25, 0.3) is 0 Å². The summed E-state index contributed by atoms with van der Waals surface area (Å²) in [5.41, 5.74) is 0. The molecule has 1 aromatic rings. The van der Waals surface area contributed by atoms with Crippen LogP contribution in [-0.4, -0.2) is 47.7 Å². The van der Waals surface area contributed by atoms with Gasteiger partial charge in [-0.2, -0.15) is 0 Å². The number of nitrogens with one attached hydrogen (secondary N) is 3. The number of hydrogen-bond acceptors (Lipinski definition) is 6. The SMILES string of the molecule is CCNc1ncccc1S(=O)(=O)NCCS(=O)(=O)NC. The van der Waals surface area contributed by atoms with E-state index in [4.69, 9.17) is 0 Å². The number of anilines is 1. The molecule has 10 heteroatoms. The van der Waals surface area contributed by atoms with Gasteiger partial charge in [-0.15, -0.1) is 0 Å². The Hall–Kier alpha value is -1.23. The minimum Gasteiger partial charge on any atom is -0.369 e. The van der Waals surface area contributed by atoms with Crippen molar-refractivity contribution >= 4 is 25.9 Å². The van der Waals surface area contributed by atoms with E-state index >= 15 is 0 Å². The highest BCUT2D eigenvalue weighted by atomic mass is 32.2. The molecule has 114 valence electrons. The molecular formula is C10H18N4O4S2. The second kappa shape index (κ2) is 6.97. The van der Waals surface area contributed by atoms with Crippen LogP contribution in [0.2, 0.25) is 0 Å². The van der Waals surface area contributed by atoms with Crippen molar-refractivity contribution in [2.75, 3.05) is 31.2 Å². The number of pyridine rings is 1. The molecule has 20 heavy (non-hydrogen) atoms. The molecule has 8 nitrogen and oxygen atoms in total. The Labute approximate surface area is 119 Å². The third kappa shape index (κ3) is 4.71. The highest BCUT2D eigenvalue weighted by Gasteiger charge is 2.19. The van der Waals surface area contributed by atoms with Crippen LogP contribution in [0.15, 0.2) is 23.2 Å². The third-order valence-electron chi connectivity index (χ3n) is 2.38. The van der Waals surface area contributed by atoms with Gasteiger partial charge >= 0.3 is 0 Å². The number of sulfonamides is 2. The van der Waals surface area contributed by atoms with Crippen LogP contribution in [0.1, 0.15) is 6.92 Å². The van der Waals surface area contributed by atoms with E-state index in [2.05, 4.69) is 19.7 Å². The topological polar surface area (TPSA) is 117 Å². The molecule has 0 aliphatic carbocycles. The molecule has 0 aromatic carbocycles. The zero-order valence-electron chi connectivity index (χ0n) is 11.3. The van der Waals surface area contributed by atoms with Crippen LogP contribution >= 0.6 is 0 Å². The van der Waals surface area contributed by atoms with Gasteiger partial charge in [-0.1, -0.05) is 0 Å². The Kier molecular flexibility index (Phi) is 5.87. The Bertz CT molecular complexity index is 643. The Balaban J connectivity index is 2.84. The van der Waals surface area contributed by atoms with Crippen molar-refractivity contribution in [1.29, 1.82) is 0 Å². The Morgan fingerprint density at radius 3 is 2.55 bits per heavy atom. The van der Waals surface area contributed by atoms with Gasteiger partial charge in [0.15, 0.2) is 0 Å². The molecule has 0 unspecified atom stereocenters. The van der Waals surface area contributed by atoms with Crippen molar-refractivity contribution < 1.29 is 16.8 Å². The smallest absolute Gasteiger partial charge is 0.244 e. The number of hydrogen-bond donors (Lipinski definition) is 3. The summed E-state index contributed by atoms with van der Waals surface area (Å²) in [6.07, 6.45) is 1.47. The first-order valence-electron chi connectivity index (χ1n) is 5.92. The van der Waals surface area contributed by atoms with E-state index < -0.39 is 20.0 Å². The van der Waals surface area contributed by atoms with Gasteiger partial charge in [0.05, 0.1) is 5.75 Å². The van der Waals surface area contributed by atoms with Gasteiger partial charge < -0.3 is 5.32 Å². The summed E-state index contributed by atoms with van der Waals surface area (Å²) >= 11 is 0. The number of aromatic nitrogens is 1. The summed E-state index contributed by atoms with van der Waals surface area (Å²) in [6, 6.07) is 2.90. The fourth-order valence-corrected chi connectivity index (χ4v) is 3.27. The van der Waals surface area contributed by atoms with Crippen LogP contribution < -0.4 is 14.8 Å². The van der Waals surface area contributed by atoms with Gasteiger partial charge in [-0.3, -0.25) is 0 Å². The minimum absolute atomic E-state index is 0.0105. The second-order valence-electron chi connectivity index (χ2n) is 3.80. The van der Waals surface area contributed by atoms with Crippen molar-refractivity contribution in [1.82, 2.24) is 14.4 Å². The van der Waals surface area contributed by atoms with Crippen molar-refractivity contribution in [3.05, 3.63) is 18.3 Å². The van der Waals surface area contributed by atoms with Crippen molar-refractivity contribution in [2.24, 2.45) is 0 Å². The predicted octanol–water partition coefficient (Wildman–Crippen LogP) is -0.659. The molecule has 0 saturated heterocycles. The molecule has 0 saturated carbocycles. The first-order valence-corrected chi connectivity index (χ1v) is 9.05. The first kappa shape index (κ1) is 16.8. The van der Waals surface area contributed by atoms with E-state index in [0.717, 1.165) is 0 Å². The maximum atomic E-state index is 12.1. The van der Waals surface area contributed by atoms with E-state index in [1.165, 1.54) is 25.4 Å². The molecule has 1 rings (SSSR count). The van der Waals surface area contributed by atoms with Gasteiger partial charge in [-0.05, 0) is 26.1 Å². The van der Waals surface area contributed by atoms with Gasteiger partial charge in [0.1, 0.15) is 10.7 Å². The number of nitrogens with zero attached hydrogens (tertiary/aromatic N) is 1. The quantitative estimate of drug-likeness (QED) is 0.585. The van der Waals surface area contributed by atoms with Crippen LogP contribution in [0.3, 0.4) is 0 Å². The summed E-state index contributed by atoms with van der Waals surface area (Å²) in [4.78, 5) is 3.94. The fraction of sp³-hybridized carbons (Fsp3) is 0.500. The monoisotopic (exact) mass is 322 g/mol. The van der Waals surface area contributed by atoms with Gasteiger partial charge in [0.2, 0.25) is 20.0 Å². The minimum atomic E-state index is -3.81. The molecule has 0 bridgehead atoms. The highest BCUT2D eigenvalue weighted by Crippen LogP contribution is 2.17. The zero-order chi connectivity index (χ0) is 15.2. The van der Waals surface area contributed by atoms with Crippen LogP contribution in [0.4, 0.5) is 5.82 Å². The summed E-state index contributed by atoms with van der Waals surface area (Å²) in [5, 5.41) is 2.84. The molecule has 0 fully saturated rings. The maximum Gasteiger partial charge on any atom is 0.244 e. The van der Waals surface area contributed by atoms with Gasteiger partial charge in [-0.25, -0.2) is 31.3 Å². The molecule has 0 aliphatic heterocycles. The molecule has 3 N–H and O–H groups in total. The average molecular weight is 322 g/mol. The summed E-state index contributed by atoms with van der Waals surface area (Å²) in [7, 11) is -5.99. The molecule has 1 aromatic heterocycles. The highest BCUT2D eigenvalue weighted by molar-refractivity contribution is 7.90. The van der Waals surface area contributed by atoms with Crippen LogP contribution in [-0.2, 0) is 20.0 Å². The Morgan fingerprint density at radius 2 is 1.95 bits per heavy atom. The fourth-order valence-electron chi connectivity index (χ4n) is 1.40. The normalized spacial score (nSPS) is 12.3. The lowest BCUT2D eigenvalue weighted by Crippen LogP contribution is -2.33. The number of rotatable bonds is 8. The zero-order valence-corrected chi connectivity index (χ0v) is 12.9. The molecule has 0 spiro atoms. The predicted molar refractivity (Wildman–Crippen MR) is 76.4 cm³/mol. The molecule has 0 aliphatic rings. The largest absolute Gasteiger partial charge is 0.369 e. The molecule has 0 atom stereocenters. The standard InChI is InChI=1S/C10H18N4O4S2/c1-3-12-10-9(5-4-6-13-10)20(17,18)14-7-8-19(15,16)11-2/h4-6,11,14H,3,7-8H2,1-2H3,(H,12,13). The summed E-state index contributed by atoms with van der Waals surface area (Å²) < 4.78 is 51.0.